The van der Waals surface area contributed by atoms with Crippen molar-refractivity contribution in [1.29, 1.82) is 0 Å². The van der Waals surface area contributed by atoms with Gasteiger partial charge in [-0.05, 0) is 74.7 Å². The molecule has 0 unspecified atom stereocenters. The maximum Gasteiger partial charge on any atom is 0.490 e. The van der Waals surface area contributed by atoms with E-state index >= 15 is 0 Å². The first-order valence-electron chi connectivity index (χ1n) is 10.6. The fourth-order valence-electron chi connectivity index (χ4n) is 3.21. The number of alkyl halides is 3. The molecule has 9 nitrogen and oxygen atoms in total. The number of hydrogen-bond acceptors (Lipinski definition) is 7. The van der Waals surface area contributed by atoms with Crippen molar-refractivity contribution in [2.75, 3.05) is 10.6 Å². The Hall–Kier alpha value is -4.35. The van der Waals surface area contributed by atoms with Crippen molar-refractivity contribution in [2.24, 2.45) is 7.05 Å². The van der Waals surface area contributed by atoms with E-state index in [4.69, 9.17) is 14.3 Å². The van der Waals surface area contributed by atoms with Gasteiger partial charge in [-0.2, -0.15) is 18.2 Å². The average molecular weight is 503 g/mol. The fraction of sp³-hybridized carbons (Fsp3) is 0.250. The minimum absolute atomic E-state index is 0.384. The van der Waals surface area contributed by atoms with Crippen LogP contribution in [0.2, 0.25) is 0 Å². The van der Waals surface area contributed by atoms with Crippen molar-refractivity contribution >= 4 is 40.2 Å². The predicted molar refractivity (Wildman–Crippen MR) is 129 cm³/mol. The first-order chi connectivity index (χ1) is 16.8. The average Bonchev–Trinajstić information content (AvgIpc) is 3.07. The number of halogens is 3. The van der Waals surface area contributed by atoms with Crippen molar-refractivity contribution in [2.45, 2.75) is 33.9 Å². The van der Waals surface area contributed by atoms with Gasteiger partial charge in [0, 0.05) is 30.2 Å². The smallest absolute Gasteiger partial charge is 0.475 e. The second kappa shape index (κ2) is 10.1. The molecule has 0 bridgehead atoms. The minimum atomic E-state index is -5.08. The van der Waals surface area contributed by atoms with E-state index in [0.29, 0.717) is 17.3 Å². The molecule has 3 N–H and O–H groups in total. The molecule has 0 aliphatic carbocycles. The zero-order valence-electron chi connectivity index (χ0n) is 20.1. The second-order valence-electron chi connectivity index (χ2n) is 8.12. The molecule has 4 aromatic rings. The highest BCUT2D eigenvalue weighted by molar-refractivity contribution is 5.79. The number of hydrogen-bond donors (Lipinski definition) is 3. The number of benzene rings is 2. The highest BCUT2D eigenvalue weighted by atomic mass is 19.4. The van der Waals surface area contributed by atoms with E-state index in [1.807, 2.05) is 19.1 Å². The van der Waals surface area contributed by atoms with Crippen LogP contribution in [0.1, 0.15) is 22.3 Å². The number of nitrogens with zero attached hydrogens (tertiary/aromatic N) is 3. The summed E-state index contributed by atoms with van der Waals surface area (Å²) in [7, 11) is 1.68. The van der Waals surface area contributed by atoms with Gasteiger partial charge in [0.15, 0.2) is 5.58 Å². The summed E-state index contributed by atoms with van der Waals surface area (Å²) < 4.78 is 38.4. The zero-order chi connectivity index (χ0) is 26.8. The third kappa shape index (κ3) is 6.01. The van der Waals surface area contributed by atoms with Gasteiger partial charge in [-0.25, -0.2) is 14.6 Å². The third-order valence-electron chi connectivity index (χ3n) is 5.45. The lowest BCUT2D eigenvalue weighted by molar-refractivity contribution is -0.192. The van der Waals surface area contributed by atoms with Gasteiger partial charge in [0.05, 0.1) is 5.52 Å². The van der Waals surface area contributed by atoms with Crippen molar-refractivity contribution < 1.29 is 27.5 Å². The van der Waals surface area contributed by atoms with Gasteiger partial charge in [0.1, 0.15) is 5.82 Å². The zero-order valence-corrected chi connectivity index (χ0v) is 20.1. The molecule has 0 aliphatic heterocycles. The van der Waals surface area contributed by atoms with Crippen LogP contribution in [0.5, 0.6) is 0 Å². The first kappa shape index (κ1) is 26.3. The number of aryl methyl sites for hydroxylation is 4. The Labute approximate surface area is 203 Å². The summed E-state index contributed by atoms with van der Waals surface area (Å²) in [5.41, 5.74) is 7.67. The van der Waals surface area contributed by atoms with E-state index < -0.39 is 12.1 Å². The Morgan fingerprint density at radius 2 is 1.61 bits per heavy atom. The maximum absolute atomic E-state index is 11.7. The molecule has 0 saturated heterocycles. The van der Waals surface area contributed by atoms with Crippen LogP contribution in [0, 0.1) is 27.7 Å². The number of oxazole rings is 1. The Morgan fingerprint density at radius 1 is 1.00 bits per heavy atom. The van der Waals surface area contributed by atoms with Gasteiger partial charge in [0.25, 0.3) is 0 Å². The number of fused-ring (bicyclic) bond motifs is 1. The molecule has 2 aromatic heterocycles. The van der Waals surface area contributed by atoms with Gasteiger partial charge in [-0.15, -0.1) is 0 Å². The van der Waals surface area contributed by atoms with Crippen molar-refractivity contribution in [3.63, 3.8) is 0 Å². The van der Waals surface area contributed by atoms with E-state index in [1.54, 1.807) is 19.3 Å². The highest BCUT2D eigenvalue weighted by Gasteiger charge is 2.38. The Balaban J connectivity index is 0.000000454. The Morgan fingerprint density at radius 3 is 2.19 bits per heavy atom. The number of aliphatic carboxylic acids is 1. The molecule has 2 aromatic carbocycles. The number of carbonyl (C=O) groups is 1. The highest BCUT2D eigenvalue weighted by Crippen LogP contribution is 2.25. The molecule has 0 fully saturated rings. The van der Waals surface area contributed by atoms with Crippen LogP contribution in [0.15, 0.2) is 45.7 Å². The first-order valence-corrected chi connectivity index (χ1v) is 10.6. The Kier molecular flexibility index (Phi) is 7.37. The number of nitrogens with one attached hydrogen (secondary N) is 2. The molecule has 0 spiro atoms. The number of carboxylic acid groups (broad SMARTS) is 1. The van der Waals surface area contributed by atoms with Crippen LogP contribution < -0.4 is 16.4 Å². The molecule has 0 amide bonds. The van der Waals surface area contributed by atoms with Crippen LogP contribution in [0.25, 0.3) is 11.1 Å². The van der Waals surface area contributed by atoms with E-state index in [-0.39, 0.29) is 5.76 Å². The van der Waals surface area contributed by atoms with Crippen LogP contribution >= 0.6 is 0 Å². The lowest BCUT2D eigenvalue weighted by Crippen LogP contribution is -2.21. The number of aromatic nitrogens is 3. The lowest BCUT2D eigenvalue weighted by Gasteiger charge is -2.13. The summed E-state index contributed by atoms with van der Waals surface area (Å²) >= 11 is 0. The molecule has 0 saturated carbocycles. The van der Waals surface area contributed by atoms with Gasteiger partial charge in [-0.3, -0.25) is 4.57 Å². The van der Waals surface area contributed by atoms with Gasteiger partial charge in [-0.1, -0.05) is 0 Å². The van der Waals surface area contributed by atoms with E-state index in [9.17, 15) is 18.0 Å². The molecule has 0 atom stereocenters. The summed E-state index contributed by atoms with van der Waals surface area (Å²) in [5.74, 6) is -1.94. The molecular weight excluding hydrogens is 479 g/mol. The van der Waals surface area contributed by atoms with Gasteiger partial charge in [0.2, 0.25) is 5.95 Å². The standard InChI is InChI=1S/C22H23N5O2.C2HF3O2/c1-12-8-17(9-13(2)15(12)4)25-21-23-11-14(3)20(26-21)24-16-6-7-19-18(10-16)27(5)22(28)29-19;3-2(4,5)1(6)7/h6-11H,1-5H3,(H2,23,24,25,26);(H,6,7). The summed E-state index contributed by atoms with van der Waals surface area (Å²) in [4.78, 5) is 29.6. The quantitative estimate of drug-likeness (QED) is 0.344. The van der Waals surface area contributed by atoms with Crippen LogP contribution in [-0.4, -0.2) is 31.8 Å². The molecule has 0 aliphatic rings. The number of anilines is 4. The van der Waals surface area contributed by atoms with E-state index in [2.05, 4.69) is 53.5 Å². The van der Waals surface area contributed by atoms with Crippen molar-refractivity contribution in [3.8, 4) is 0 Å². The molecule has 0 radical (unpaired) electrons. The van der Waals surface area contributed by atoms with Crippen LogP contribution in [0.4, 0.5) is 36.3 Å². The third-order valence-corrected chi connectivity index (χ3v) is 5.45. The monoisotopic (exact) mass is 503 g/mol. The maximum atomic E-state index is 11.7. The summed E-state index contributed by atoms with van der Waals surface area (Å²) in [6.07, 6.45) is -3.31. The lowest BCUT2D eigenvalue weighted by atomic mass is 10.0. The van der Waals surface area contributed by atoms with E-state index in [1.165, 1.54) is 21.3 Å². The van der Waals surface area contributed by atoms with Crippen LogP contribution in [-0.2, 0) is 11.8 Å². The molecule has 4 rings (SSSR count). The summed E-state index contributed by atoms with van der Waals surface area (Å²) in [6, 6.07) is 9.67. The SMILES string of the molecule is Cc1cnc(Nc2cc(C)c(C)c(C)c2)nc1Nc1ccc2oc(=O)n(C)c2c1.O=C(O)C(F)(F)F. The fourth-order valence-corrected chi connectivity index (χ4v) is 3.21. The molecule has 12 heteroatoms. The predicted octanol–water partition coefficient (Wildman–Crippen LogP) is 5.28. The molecule has 190 valence electrons. The molecular formula is C24H24F3N5O4. The van der Waals surface area contributed by atoms with Crippen LogP contribution in [0.3, 0.4) is 0 Å². The van der Waals surface area contributed by atoms with Gasteiger partial charge < -0.3 is 20.2 Å². The minimum Gasteiger partial charge on any atom is -0.475 e. The largest absolute Gasteiger partial charge is 0.490 e. The molecule has 2 heterocycles. The summed E-state index contributed by atoms with van der Waals surface area (Å²) in [5, 5.41) is 13.7. The summed E-state index contributed by atoms with van der Waals surface area (Å²) in [6.45, 7) is 8.25. The number of carboxylic acids is 1. The molecule has 36 heavy (non-hydrogen) atoms. The van der Waals surface area contributed by atoms with Crippen molar-refractivity contribution in [3.05, 3.63) is 69.3 Å². The Bertz CT molecular complexity index is 1470. The topological polar surface area (TPSA) is 122 Å². The van der Waals surface area contributed by atoms with Gasteiger partial charge >= 0.3 is 17.9 Å². The number of rotatable bonds is 4. The normalized spacial score (nSPS) is 11.1. The van der Waals surface area contributed by atoms with Crippen molar-refractivity contribution in [1.82, 2.24) is 14.5 Å². The second-order valence-corrected chi connectivity index (χ2v) is 8.12. The van der Waals surface area contributed by atoms with E-state index in [0.717, 1.165) is 22.5 Å².